The molecule has 1 fully saturated rings. The van der Waals surface area contributed by atoms with Gasteiger partial charge in [0.25, 0.3) is 0 Å². The van der Waals surface area contributed by atoms with E-state index in [1.807, 2.05) is 0 Å². The fourth-order valence-electron chi connectivity index (χ4n) is 5.53. The van der Waals surface area contributed by atoms with E-state index in [0.717, 1.165) is 5.66 Å². The van der Waals surface area contributed by atoms with Crippen molar-refractivity contribution >= 4 is 32.1 Å². The molecule has 38 heavy (non-hydrogen) atoms. The third kappa shape index (κ3) is 6.62. The Hall–Kier alpha value is -2.34. The second-order valence-corrected chi connectivity index (χ2v) is 14.6. The molecule has 0 bridgehead atoms. The van der Waals surface area contributed by atoms with E-state index in [0.29, 0.717) is 0 Å². The van der Waals surface area contributed by atoms with E-state index in [2.05, 4.69) is 140 Å². The van der Waals surface area contributed by atoms with Crippen LogP contribution in [0.5, 0.6) is 0 Å². The van der Waals surface area contributed by atoms with Crippen LogP contribution in [0.4, 0.5) is 0 Å². The first-order chi connectivity index (χ1) is 18.7. The molecule has 0 saturated heterocycles. The predicted molar refractivity (Wildman–Crippen MR) is 166 cm³/mol. The Kier molecular flexibility index (Phi) is 9.77. The van der Waals surface area contributed by atoms with Gasteiger partial charge in [0.2, 0.25) is 0 Å². The molecule has 0 amide bonds. The van der Waals surface area contributed by atoms with Gasteiger partial charge in [-0.2, -0.15) is 0 Å². The summed E-state index contributed by atoms with van der Waals surface area (Å²) in [5.74, 6) is 0. The molecule has 0 radical (unpaired) electrons. The Morgan fingerprint density at radius 3 is 1.58 bits per heavy atom. The number of rotatable bonds is 10. The van der Waals surface area contributed by atoms with Gasteiger partial charge in [-0.3, -0.25) is 4.67 Å². The van der Waals surface area contributed by atoms with E-state index in [1.54, 1.807) is 0 Å². The number of hydrogen-bond acceptors (Lipinski definition) is 2. The largest absolute Gasteiger partial charge is 0.340 e. The summed E-state index contributed by atoms with van der Waals surface area (Å²) in [5.41, 5.74) is 1.98. The van der Waals surface area contributed by atoms with Crippen LogP contribution in [-0.4, -0.2) is 23.4 Å². The van der Waals surface area contributed by atoms with Crippen molar-refractivity contribution in [3.63, 3.8) is 0 Å². The van der Waals surface area contributed by atoms with Crippen molar-refractivity contribution in [1.29, 1.82) is 0 Å². The summed E-state index contributed by atoms with van der Waals surface area (Å²) in [5, 5.41) is 3.99. The zero-order valence-electron chi connectivity index (χ0n) is 22.6. The molecule has 196 valence electrons. The zero-order valence-corrected chi connectivity index (χ0v) is 24.4. The molecule has 2 nitrogen and oxygen atoms in total. The Morgan fingerprint density at radius 2 is 1.08 bits per heavy atom. The maximum absolute atomic E-state index is 7.30. The van der Waals surface area contributed by atoms with Crippen molar-refractivity contribution in [3.8, 4) is 0 Å². The van der Waals surface area contributed by atoms with Gasteiger partial charge >= 0.3 is 0 Å². The van der Waals surface area contributed by atoms with Crippen LogP contribution < -0.4 is 15.9 Å². The molecule has 1 unspecified atom stereocenters. The summed E-state index contributed by atoms with van der Waals surface area (Å²) >= 11 is 0. The first kappa shape index (κ1) is 27.2. The summed E-state index contributed by atoms with van der Waals surface area (Å²) in [4.78, 5) is 0. The molecule has 4 aromatic carbocycles. The van der Waals surface area contributed by atoms with Crippen molar-refractivity contribution in [2.24, 2.45) is 0 Å². The topological polar surface area (TPSA) is 12.5 Å². The molecule has 3 atom stereocenters. The minimum atomic E-state index is -0.979. The minimum Gasteiger partial charge on any atom is -0.340 e. The second kappa shape index (κ2) is 13.6. The van der Waals surface area contributed by atoms with E-state index in [1.165, 1.54) is 53.6 Å². The molecular formula is C34H39NOP2. The van der Waals surface area contributed by atoms with Gasteiger partial charge < -0.3 is 4.52 Å². The molecule has 0 aromatic heterocycles. The van der Waals surface area contributed by atoms with E-state index >= 15 is 0 Å². The summed E-state index contributed by atoms with van der Waals surface area (Å²) < 4.78 is 9.98. The van der Waals surface area contributed by atoms with Gasteiger partial charge in [-0.15, -0.1) is 0 Å². The minimum absolute atomic E-state index is 0.0509. The average Bonchev–Trinajstić information content (AvgIpc) is 3.00. The monoisotopic (exact) mass is 539 g/mol. The van der Waals surface area contributed by atoms with Crippen molar-refractivity contribution in [2.75, 3.05) is 7.05 Å². The van der Waals surface area contributed by atoms with Gasteiger partial charge in [-0.1, -0.05) is 141 Å². The maximum atomic E-state index is 7.30. The van der Waals surface area contributed by atoms with Gasteiger partial charge in [-0.25, -0.2) is 0 Å². The first-order valence-electron chi connectivity index (χ1n) is 13.9. The van der Waals surface area contributed by atoms with Crippen molar-refractivity contribution < 1.29 is 4.52 Å². The van der Waals surface area contributed by atoms with Crippen LogP contribution in [0.2, 0.25) is 0 Å². The fourth-order valence-corrected chi connectivity index (χ4v) is 10.6. The van der Waals surface area contributed by atoms with Crippen LogP contribution in [0.25, 0.3) is 0 Å². The van der Waals surface area contributed by atoms with Crippen molar-refractivity contribution in [3.05, 3.63) is 127 Å². The Bertz CT molecular complexity index is 1180. The SMILES string of the molecule is C[C@H]([C@@H](OP(c1ccccc1)c1ccccc1)c1ccccc1)N(C)P(c1ccccc1)C1CCCCC1. The lowest BCUT2D eigenvalue weighted by molar-refractivity contribution is 0.153. The molecule has 5 rings (SSSR count). The van der Waals surface area contributed by atoms with Gasteiger partial charge in [0.05, 0.1) is 8.15 Å². The average molecular weight is 540 g/mol. The zero-order chi connectivity index (χ0) is 26.2. The highest BCUT2D eigenvalue weighted by atomic mass is 31.1. The van der Waals surface area contributed by atoms with E-state index < -0.39 is 16.2 Å². The lowest BCUT2D eigenvalue weighted by atomic mass is 10.0. The standard InChI is InChI=1S/C34H39NOP2/c1-28(35(2)37(30-20-10-4-11-21-30)31-22-12-5-13-23-31)34(29-18-8-3-9-19-29)36-38(32-24-14-6-15-25-32)33-26-16-7-17-27-33/h3-4,6-11,14-21,24-28,31,34H,5,12-13,22-23H2,1-2H3/t28-,34-,37?/m1/s1. The third-order valence-corrected chi connectivity index (χ3v) is 12.7. The number of nitrogens with zero attached hydrogens (tertiary/aromatic N) is 1. The molecule has 0 aliphatic heterocycles. The molecule has 0 N–H and O–H groups in total. The Labute approximate surface area is 231 Å². The quantitative estimate of drug-likeness (QED) is 0.189. The maximum Gasteiger partial charge on any atom is 0.103 e. The van der Waals surface area contributed by atoms with Gasteiger partial charge in [0.1, 0.15) is 6.10 Å². The van der Waals surface area contributed by atoms with Crippen LogP contribution in [-0.2, 0) is 4.52 Å². The Balaban J connectivity index is 1.52. The number of benzene rings is 4. The molecule has 1 aliphatic carbocycles. The molecule has 4 heteroatoms. The van der Waals surface area contributed by atoms with Crippen LogP contribution in [0.1, 0.15) is 50.7 Å². The van der Waals surface area contributed by atoms with Crippen LogP contribution in [0.15, 0.2) is 121 Å². The summed E-state index contributed by atoms with van der Waals surface area (Å²) in [6.45, 7) is 2.38. The molecule has 0 heterocycles. The third-order valence-electron chi connectivity index (χ3n) is 7.64. The van der Waals surface area contributed by atoms with E-state index in [-0.39, 0.29) is 12.1 Å². The van der Waals surface area contributed by atoms with Gasteiger partial charge in [0.15, 0.2) is 0 Å². The lowest BCUT2D eigenvalue weighted by Crippen LogP contribution is -2.38. The Morgan fingerprint density at radius 1 is 0.632 bits per heavy atom. The normalized spacial score (nSPS) is 16.8. The molecule has 4 aromatic rings. The van der Waals surface area contributed by atoms with Gasteiger partial charge in [-0.05, 0) is 51.4 Å². The molecule has 1 aliphatic rings. The molecule has 0 spiro atoms. The highest BCUT2D eigenvalue weighted by molar-refractivity contribution is 7.68. The van der Waals surface area contributed by atoms with Crippen molar-refractivity contribution in [2.45, 2.75) is 56.8 Å². The van der Waals surface area contributed by atoms with Gasteiger partial charge in [0, 0.05) is 16.7 Å². The molecule has 1 saturated carbocycles. The summed E-state index contributed by atoms with van der Waals surface area (Å²) in [6.07, 6.45) is 6.69. The number of likely N-dealkylation sites (N-methyl/N-ethyl adjacent to an activating group) is 1. The lowest BCUT2D eigenvalue weighted by Gasteiger charge is -2.43. The second-order valence-electron chi connectivity index (χ2n) is 10.2. The summed E-state index contributed by atoms with van der Waals surface area (Å²) in [6, 6.07) is 43.9. The van der Waals surface area contributed by atoms with Crippen LogP contribution in [0, 0.1) is 0 Å². The smallest absolute Gasteiger partial charge is 0.103 e. The van der Waals surface area contributed by atoms with E-state index in [4.69, 9.17) is 4.52 Å². The first-order valence-corrected chi connectivity index (χ1v) is 16.5. The fraction of sp³-hybridized carbons (Fsp3) is 0.294. The highest BCUT2D eigenvalue weighted by Crippen LogP contribution is 2.53. The summed E-state index contributed by atoms with van der Waals surface area (Å²) in [7, 11) is 0.903. The van der Waals surface area contributed by atoms with Crippen molar-refractivity contribution in [1.82, 2.24) is 4.67 Å². The van der Waals surface area contributed by atoms with Crippen LogP contribution in [0.3, 0.4) is 0 Å². The highest BCUT2D eigenvalue weighted by Gasteiger charge is 2.35. The molecular weight excluding hydrogens is 500 g/mol. The number of hydrogen-bond donors (Lipinski definition) is 0. The van der Waals surface area contributed by atoms with Crippen LogP contribution >= 0.6 is 16.2 Å². The predicted octanol–water partition coefficient (Wildman–Crippen LogP) is 8.17. The van der Waals surface area contributed by atoms with E-state index in [9.17, 15) is 0 Å².